The standard InChI is InChI=1S/C27H26N4O4/c1-17-12-13-18(2)22(16-17)29-27(34)25(19-8-4-3-5-9-19)35-23(32)14-15-28-26(33)24-20-10-6-7-11-21(20)30-31-24/h3-13,16,25H,14-15H2,1-2H3,(H,28,33)(H,29,34)(H,30,31). The van der Waals surface area contributed by atoms with Crippen LogP contribution in [0.15, 0.2) is 72.8 Å². The molecule has 3 N–H and O–H groups in total. The molecule has 4 aromatic rings. The van der Waals surface area contributed by atoms with Crippen molar-refractivity contribution in [3.05, 3.63) is 95.2 Å². The molecule has 8 nitrogen and oxygen atoms in total. The summed E-state index contributed by atoms with van der Waals surface area (Å²) in [7, 11) is 0. The molecule has 1 aromatic heterocycles. The molecule has 0 radical (unpaired) electrons. The number of hydrogen-bond acceptors (Lipinski definition) is 5. The number of anilines is 1. The van der Waals surface area contributed by atoms with Crippen LogP contribution in [-0.4, -0.2) is 34.5 Å². The predicted molar refractivity (Wildman–Crippen MR) is 133 cm³/mol. The highest BCUT2D eigenvalue weighted by Gasteiger charge is 2.25. The van der Waals surface area contributed by atoms with Crippen molar-refractivity contribution in [2.75, 3.05) is 11.9 Å². The van der Waals surface area contributed by atoms with E-state index in [1.54, 1.807) is 30.3 Å². The number of rotatable bonds is 8. The van der Waals surface area contributed by atoms with Gasteiger partial charge in [-0.05, 0) is 37.1 Å². The van der Waals surface area contributed by atoms with Crippen LogP contribution in [0.5, 0.6) is 0 Å². The van der Waals surface area contributed by atoms with Crippen molar-refractivity contribution in [1.82, 2.24) is 15.5 Å². The van der Waals surface area contributed by atoms with Gasteiger partial charge in [0.25, 0.3) is 11.8 Å². The van der Waals surface area contributed by atoms with E-state index in [0.717, 1.165) is 16.6 Å². The smallest absolute Gasteiger partial charge is 0.308 e. The normalized spacial score (nSPS) is 11.6. The molecule has 0 aliphatic heterocycles. The zero-order chi connectivity index (χ0) is 24.8. The van der Waals surface area contributed by atoms with Gasteiger partial charge in [-0.1, -0.05) is 60.7 Å². The van der Waals surface area contributed by atoms with Gasteiger partial charge in [0.15, 0.2) is 5.69 Å². The number of amides is 2. The number of H-pyrrole nitrogens is 1. The second kappa shape index (κ2) is 10.6. The Morgan fingerprint density at radius 1 is 0.971 bits per heavy atom. The topological polar surface area (TPSA) is 113 Å². The number of carbonyl (C=O) groups excluding carboxylic acids is 3. The highest BCUT2D eigenvalue weighted by molar-refractivity contribution is 6.04. The van der Waals surface area contributed by atoms with Crippen LogP contribution in [0.3, 0.4) is 0 Å². The molecule has 0 fully saturated rings. The van der Waals surface area contributed by atoms with Crippen molar-refractivity contribution < 1.29 is 19.1 Å². The van der Waals surface area contributed by atoms with Gasteiger partial charge in [0, 0.05) is 23.2 Å². The minimum atomic E-state index is -1.13. The lowest BCUT2D eigenvalue weighted by Crippen LogP contribution is -2.29. The first-order valence-corrected chi connectivity index (χ1v) is 11.3. The first-order chi connectivity index (χ1) is 16.9. The van der Waals surface area contributed by atoms with Crippen molar-refractivity contribution in [2.45, 2.75) is 26.4 Å². The van der Waals surface area contributed by atoms with Crippen LogP contribution in [0.1, 0.15) is 39.7 Å². The lowest BCUT2D eigenvalue weighted by molar-refractivity contribution is -0.154. The van der Waals surface area contributed by atoms with E-state index in [2.05, 4.69) is 20.8 Å². The number of benzene rings is 3. The van der Waals surface area contributed by atoms with Gasteiger partial charge in [-0.25, -0.2) is 0 Å². The molecule has 8 heteroatoms. The zero-order valence-corrected chi connectivity index (χ0v) is 19.5. The van der Waals surface area contributed by atoms with Crippen LogP contribution in [0.2, 0.25) is 0 Å². The Morgan fingerprint density at radius 2 is 1.71 bits per heavy atom. The maximum Gasteiger partial charge on any atom is 0.308 e. The van der Waals surface area contributed by atoms with Crippen molar-refractivity contribution in [1.29, 1.82) is 0 Å². The summed E-state index contributed by atoms with van der Waals surface area (Å²) in [6, 6.07) is 21.8. The molecule has 35 heavy (non-hydrogen) atoms. The van der Waals surface area contributed by atoms with Crippen molar-refractivity contribution in [2.24, 2.45) is 0 Å². The summed E-state index contributed by atoms with van der Waals surface area (Å²) in [4.78, 5) is 38.2. The fourth-order valence-corrected chi connectivity index (χ4v) is 3.66. The lowest BCUT2D eigenvalue weighted by Gasteiger charge is -2.19. The third-order valence-corrected chi connectivity index (χ3v) is 5.54. The third-order valence-electron chi connectivity index (χ3n) is 5.54. The van der Waals surface area contributed by atoms with E-state index >= 15 is 0 Å². The van der Waals surface area contributed by atoms with Gasteiger partial charge in [-0.15, -0.1) is 0 Å². The van der Waals surface area contributed by atoms with Gasteiger partial charge in [0.2, 0.25) is 6.10 Å². The van der Waals surface area contributed by atoms with Gasteiger partial charge < -0.3 is 15.4 Å². The minimum absolute atomic E-state index is 0.0406. The fraction of sp³-hybridized carbons (Fsp3) is 0.185. The molecule has 2 amide bonds. The maximum absolute atomic E-state index is 13.1. The van der Waals surface area contributed by atoms with Gasteiger partial charge in [0.05, 0.1) is 11.9 Å². The largest absolute Gasteiger partial charge is 0.447 e. The van der Waals surface area contributed by atoms with Gasteiger partial charge in [-0.2, -0.15) is 5.10 Å². The fourth-order valence-electron chi connectivity index (χ4n) is 3.66. The number of ether oxygens (including phenoxy) is 1. The molecule has 0 aliphatic rings. The Bertz CT molecular complexity index is 1360. The minimum Gasteiger partial charge on any atom is -0.447 e. The molecule has 0 bridgehead atoms. The van der Waals surface area contributed by atoms with E-state index < -0.39 is 23.9 Å². The summed E-state index contributed by atoms with van der Waals surface area (Å²) >= 11 is 0. The first-order valence-electron chi connectivity index (χ1n) is 11.3. The Balaban J connectivity index is 1.39. The number of hydrogen-bond donors (Lipinski definition) is 3. The number of fused-ring (bicyclic) bond motifs is 1. The molecule has 178 valence electrons. The molecule has 1 heterocycles. The average Bonchev–Trinajstić information content (AvgIpc) is 3.29. The second-order valence-electron chi connectivity index (χ2n) is 8.21. The van der Waals surface area contributed by atoms with E-state index in [4.69, 9.17) is 4.74 Å². The number of aryl methyl sites for hydroxylation is 2. The number of carbonyl (C=O) groups is 3. The van der Waals surface area contributed by atoms with Gasteiger partial charge >= 0.3 is 5.97 Å². The van der Waals surface area contributed by atoms with Gasteiger partial charge in [0.1, 0.15) is 0 Å². The van der Waals surface area contributed by atoms with Crippen molar-refractivity contribution >= 4 is 34.4 Å². The molecule has 1 atom stereocenters. The molecule has 0 spiro atoms. The predicted octanol–water partition coefficient (Wildman–Crippen LogP) is 4.22. The summed E-state index contributed by atoms with van der Waals surface area (Å²) in [6.45, 7) is 3.87. The quantitative estimate of drug-likeness (QED) is 0.334. The maximum atomic E-state index is 13.1. The first kappa shape index (κ1) is 23.7. The van der Waals surface area contributed by atoms with E-state index in [-0.39, 0.29) is 18.7 Å². The van der Waals surface area contributed by atoms with Crippen molar-refractivity contribution in [3.8, 4) is 0 Å². The Morgan fingerprint density at radius 3 is 2.51 bits per heavy atom. The number of esters is 1. The summed E-state index contributed by atoms with van der Waals surface area (Å²) in [5.74, 6) is -1.46. The highest BCUT2D eigenvalue weighted by atomic mass is 16.5. The van der Waals surface area contributed by atoms with E-state index in [1.165, 1.54) is 0 Å². The molecule has 4 rings (SSSR count). The van der Waals surface area contributed by atoms with Crippen molar-refractivity contribution in [3.63, 3.8) is 0 Å². The van der Waals surface area contributed by atoms with Crippen LogP contribution in [-0.2, 0) is 14.3 Å². The van der Waals surface area contributed by atoms with Crippen LogP contribution in [0, 0.1) is 13.8 Å². The Kier molecular flexibility index (Phi) is 7.21. The van der Waals surface area contributed by atoms with Crippen LogP contribution in [0.4, 0.5) is 5.69 Å². The lowest BCUT2D eigenvalue weighted by atomic mass is 10.1. The Labute approximate surface area is 202 Å². The molecular weight excluding hydrogens is 444 g/mol. The van der Waals surface area contributed by atoms with Crippen LogP contribution >= 0.6 is 0 Å². The van der Waals surface area contributed by atoms with Crippen LogP contribution in [0.25, 0.3) is 10.9 Å². The monoisotopic (exact) mass is 470 g/mol. The number of nitrogens with one attached hydrogen (secondary N) is 3. The third kappa shape index (κ3) is 5.73. The summed E-state index contributed by atoms with van der Waals surface area (Å²) in [5.41, 5.74) is 4.11. The Hall–Kier alpha value is -4.46. The molecule has 0 saturated carbocycles. The average molecular weight is 471 g/mol. The molecule has 3 aromatic carbocycles. The number of para-hydroxylation sites is 1. The number of aromatic amines is 1. The highest BCUT2D eigenvalue weighted by Crippen LogP contribution is 2.23. The van der Waals surface area contributed by atoms with Gasteiger partial charge in [-0.3, -0.25) is 19.5 Å². The molecular formula is C27H26N4O4. The molecule has 0 aliphatic carbocycles. The number of nitrogens with zero attached hydrogens (tertiary/aromatic N) is 1. The van der Waals surface area contributed by atoms with E-state index in [1.807, 2.05) is 56.3 Å². The molecule has 0 saturated heterocycles. The SMILES string of the molecule is Cc1ccc(C)c(NC(=O)C(OC(=O)CCNC(=O)c2n[nH]c3ccccc23)c2ccccc2)c1. The number of aromatic nitrogens is 2. The summed E-state index contributed by atoms with van der Waals surface area (Å²) in [6.07, 6.45) is -1.23. The van der Waals surface area contributed by atoms with Crippen LogP contribution < -0.4 is 10.6 Å². The summed E-state index contributed by atoms with van der Waals surface area (Å²) < 4.78 is 5.56. The second-order valence-corrected chi connectivity index (χ2v) is 8.21. The van der Waals surface area contributed by atoms with E-state index in [9.17, 15) is 14.4 Å². The zero-order valence-electron chi connectivity index (χ0n) is 19.5. The molecule has 1 unspecified atom stereocenters. The summed E-state index contributed by atoms with van der Waals surface area (Å²) in [5, 5.41) is 13.1. The van der Waals surface area contributed by atoms with E-state index in [0.29, 0.717) is 16.6 Å².